The molecule has 1 aromatic rings. The maximum atomic E-state index is 11.1. The van der Waals surface area contributed by atoms with Gasteiger partial charge in [0.2, 0.25) is 5.91 Å². The van der Waals surface area contributed by atoms with Gasteiger partial charge in [-0.2, -0.15) is 0 Å². The second-order valence-corrected chi connectivity index (χ2v) is 3.98. The summed E-state index contributed by atoms with van der Waals surface area (Å²) in [6.45, 7) is 5.31. The van der Waals surface area contributed by atoms with Gasteiger partial charge in [-0.25, -0.2) is 4.98 Å². The van der Waals surface area contributed by atoms with Crippen molar-refractivity contribution in [3.8, 4) is 0 Å². The third-order valence-corrected chi connectivity index (χ3v) is 2.69. The van der Waals surface area contributed by atoms with E-state index in [1.165, 1.54) is 11.6 Å². The Morgan fingerprint density at radius 1 is 1.62 bits per heavy atom. The number of pyridine rings is 1. The van der Waals surface area contributed by atoms with E-state index >= 15 is 0 Å². The van der Waals surface area contributed by atoms with Crippen LogP contribution in [0.15, 0.2) is 24.8 Å². The van der Waals surface area contributed by atoms with Gasteiger partial charge in [0.05, 0.1) is 5.69 Å². The van der Waals surface area contributed by atoms with Crippen molar-refractivity contribution in [1.29, 1.82) is 0 Å². The summed E-state index contributed by atoms with van der Waals surface area (Å²) in [5, 5.41) is 2.67. The molecule has 1 N–H and O–H groups in total. The van der Waals surface area contributed by atoms with Crippen LogP contribution in [0.1, 0.15) is 11.3 Å². The summed E-state index contributed by atoms with van der Waals surface area (Å²) in [5.41, 5.74) is 2.32. The minimum Gasteiger partial charge on any atom is -0.307 e. The molecular formula is C12H15N3O. The van der Waals surface area contributed by atoms with E-state index < -0.39 is 0 Å². The Labute approximate surface area is 95.0 Å². The molecule has 4 nitrogen and oxygen atoms in total. The molecule has 0 saturated carbocycles. The zero-order valence-electron chi connectivity index (χ0n) is 9.36. The number of carbonyl (C=O) groups excluding carboxylic acids is 1. The molecule has 4 heteroatoms. The molecule has 2 heterocycles. The minimum atomic E-state index is -0.225. The second-order valence-electron chi connectivity index (χ2n) is 3.98. The van der Waals surface area contributed by atoms with Crippen molar-refractivity contribution in [2.24, 2.45) is 0 Å². The van der Waals surface area contributed by atoms with E-state index in [4.69, 9.17) is 0 Å². The lowest BCUT2D eigenvalue weighted by Crippen LogP contribution is -2.27. The largest absolute Gasteiger partial charge is 0.307 e. The van der Waals surface area contributed by atoms with Gasteiger partial charge < -0.3 is 10.2 Å². The number of fused-ring (bicyclic) bond motifs is 1. The van der Waals surface area contributed by atoms with Gasteiger partial charge in [-0.15, -0.1) is 0 Å². The van der Waals surface area contributed by atoms with E-state index in [-0.39, 0.29) is 5.91 Å². The maximum Gasteiger partial charge on any atom is 0.248 e. The molecule has 16 heavy (non-hydrogen) atoms. The molecule has 1 amide bonds. The summed E-state index contributed by atoms with van der Waals surface area (Å²) >= 11 is 0. The molecule has 0 saturated heterocycles. The molecule has 0 fully saturated rings. The van der Waals surface area contributed by atoms with E-state index in [2.05, 4.69) is 28.8 Å². The average molecular weight is 217 g/mol. The van der Waals surface area contributed by atoms with Crippen LogP contribution >= 0.6 is 0 Å². The molecule has 84 valence electrons. The molecule has 0 aliphatic carbocycles. The molecule has 0 aromatic carbocycles. The first kappa shape index (κ1) is 10.8. The van der Waals surface area contributed by atoms with Crippen molar-refractivity contribution in [1.82, 2.24) is 9.88 Å². The fourth-order valence-electron chi connectivity index (χ4n) is 1.79. The smallest absolute Gasteiger partial charge is 0.248 e. The number of carbonyl (C=O) groups is 1. The summed E-state index contributed by atoms with van der Waals surface area (Å²) in [7, 11) is 2.07. The quantitative estimate of drug-likeness (QED) is 0.757. The summed E-state index contributed by atoms with van der Waals surface area (Å²) in [4.78, 5) is 17.8. The first-order valence-corrected chi connectivity index (χ1v) is 5.30. The van der Waals surface area contributed by atoms with Crippen LogP contribution in [0, 0.1) is 0 Å². The standard InChI is InChI=1S/C12H15N3O/c1-3-12(16)14-11-5-4-9-6-7-15(2)8-10(9)13-11/h3-5H,1,6-8H2,2H3,(H,13,14,16). The number of nitrogens with one attached hydrogen (secondary N) is 1. The lowest BCUT2D eigenvalue weighted by molar-refractivity contribution is -0.111. The van der Waals surface area contributed by atoms with Gasteiger partial charge in [0.25, 0.3) is 0 Å². The number of hydrogen-bond acceptors (Lipinski definition) is 3. The summed E-state index contributed by atoms with van der Waals surface area (Å²) < 4.78 is 0. The molecule has 0 spiro atoms. The lowest BCUT2D eigenvalue weighted by atomic mass is 10.1. The van der Waals surface area contributed by atoms with Crippen molar-refractivity contribution in [3.63, 3.8) is 0 Å². The number of anilines is 1. The van der Waals surface area contributed by atoms with Crippen molar-refractivity contribution in [2.45, 2.75) is 13.0 Å². The Kier molecular flexibility index (Phi) is 3.01. The van der Waals surface area contributed by atoms with Crippen molar-refractivity contribution >= 4 is 11.7 Å². The van der Waals surface area contributed by atoms with Gasteiger partial charge in [-0.3, -0.25) is 4.79 Å². The Morgan fingerprint density at radius 2 is 2.44 bits per heavy atom. The third kappa shape index (κ3) is 2.28. The maximum absolute atomic E-state index is 11.1. The molecule has 1 aliphatic rings. The highest BCUT2D eigenvalue weighted by Crippen LogP contribution is 2.18. The third-order valence-electron chi connectivity index (χ3n) is 2.69. The van der Waals surface area contributed by atoms with Gasteiger partial charge in [-0.1, -0.05) is 12.6 Å². The van der Waals surface area contributed by atoms with Gasteiger partial charge in [0, 0.05) is 13.1 Å². The van der Waals surface area contributed by atoms with E-state index in [1.54, 1.807) is 0 Å². The monoisotopic (exact) mass is 217 g/mol. The van der Waals surface area contributed by atoms with Crippen molar-refractivity contribution in [2.75, 3.05) is 18.9 Å². The fourth-order valence-corrected chi connectivity index (χ4v) is 1.79. The van der Waals surface area contributed by atoms with E-state index in [0.717, 1.165) is 25.2 Å². The van der Waals surface area contributed by atoms with Gasteiger partial charge in [-0.05, 0) is 31.2 Å². The van der Waals surface area contributed by atoms with Crippen LogP contribution in [0.4, 0.5) is 5.82 Å². The Hall–Kier alpha value is -1.68. The lowest BCUT2D eigenvalue weighted by Gasteiger charge is -2.24. The highest BCUT2D eigenvalue weighted by Gasteiger charge is 2.14. The number of amides is 1. The summed E-state index contributed by atoms with van der Waals surface area (Å²) in [6.07, 6.45) is 2.27. The second kappa shape index (κ2) is 4.45. The molecule has 0 bridgehead atoms. The van der Waals surface area contributed by atoms with Gasteiger partial charge >= 0.3 is 0 Å². The zero-order valence-corrected chi connectivity index (χ0v) is 9.36. The van der Waals surface area contributed by atoms with Crippen molar-refractivity contribution < 1.29 is 4.79 Å². The Bertz CT molecular complexity index is 428. The molecule has 1 aromatic heterocycles. The summed E-state index contributed by atoms with van der Waals surface area (Å²) in [5.74, 6) is 0.371. The molecule has 0 radical (unpaired) electrons. The van der Waals surface area contributed by atoms with E-state index in [0.29, 0.717) is 5.82 Å². The highest BCUT2D eigenvalue weighted by molar-refractivity contribution is 5.98. The minimum absolute atomic E-state index is 0.225. The first-order chi connectivity index (χ1) is 7.69. The fraction of sp³-hybridized carbons (Fsp3) is 0.333. The number of rotatable bonds is 2. The normalized spacial score (nSPS) is 15.3. The zero-order chi connectivity index (χ0) is 11.5. The van der Waals surface area contributed by atoms with Crippen LogP contribution in [-0.2, 0) is 17.8 Å². The van der Waals surface area contributed by atoms with Crippen LogP contribution in [0.5, 0.6) is 0 Å². The van der Waals surface area contributed by atoms with Crippen LogP contribution in [0.2, 0.25) is 0 Å². The Balaban J connectivity index is 2.21. The Morgan fingerprint density at radius 3 is 3.19 bits per heavy atom. The van der Waals surface area contributed by atoms with Crippen LogP contribution in [-0.4, -0.2) is 29.4 Å². The van der Waals surface area contributed by atoms with Crippen LogP contribution < -0.4 is 5.32 Å². The van der Waals surface area contributed by atoms with Crippen molar-refractivity contribution in [3.05, 3.63) is 36.0 Å². The number of hydrogen-bond donors (Lipinski definition) is 1. The predicted octanol–water partition coefficient (Wildman–Crippen LogP) is 1.19. The molecule has 1 aliphatic heterocycles. The highest BCUT2D eigenvalue weighted by atomic mass is 16.1. The summed E-state index contributed by atoms with van der Waals surface area (Å²) in [6, 6.07) is 3.87. The first-order valence-electron chi connectivity index (χ1n) is 5.30. The molecule has 0 atom stereocenters. The molecule has 2 rings (SSSR count). The number of aromatic nitrogens is 1. The number of likely N-dealkylation sites (N-methyl/N-ethyl adjacent to an activating group) is 1. The van der Waals surface area contributed by atoms with E-state index in [9.17, 15) is 4.79 Å². The topological polar surface area (TPSA) is 45.2 Å². The van der Waals surface area contributed by atoms with Crippen LogP contribution in [0.3, 0.4) is 0 Å². The van der Waals surface area contributed by atoms with E-state index in [1.807, 2.05) is 12.1 Å². The van der Waals surface area contributed by atoms with Gasteiger partial charge in [0.1, 0.15) is 5.82 Å². The number of nitrogens with zero attached hydrogens (tertiary/aromatic N) is 2. The molecular weight excluding hydrogens is 202 g/mol. The average Bonchev–Trinajstić information content (AvgIpc) is 2.28. The SMILES string of the molecule is C=CC(=O)Nc1ccc2c(n1)CN(C)CC2. The van der Waals surface area contributed by atoms with Crippen LogP contribution in [0.25, 0.3) is 0 Å². The predicted molar refractivity (Wildman–Crippen MR) is 63.1 cm³/mol. The van der Waals surface area contributed by atoms with Gasteiger partial charge in [0.15, 0.2) is 0 Å². The molecule has 0 unspecified atom stereocenters.